The number of benzene rings is 1. The molecular weight excluding hydrogens is 729 g/mol. The molecule has 2 saturated carbocycles. The van der Waals surface area contributed by atoms with Crippen molar-refractivity contribution in [1.82, 2.24) is 30.2 Å². The lowest BCUT2D eigenvalue weighted by Crippen LogP contribution is -2.58. The third-order valence-electron chi connectivity index (χ3n) is 10.9. The zero-order chi connectivity index (χ0) is 39.9. The maximum Gasteiger partial charge on any atom is 0.408 e. The second-order valence-electron chi connectivity index (χ2n) is 16.8. The number of allylic oxidation sites excluding steroid dienone is 1. The molecule has 15 nitrogen and oxygen atoms in total. The van der Waals surface area contributed by atoms with Crippen molar-refractivity contribution in [1.29, 1.82) is 0 Å². The summed E-state index contributed by atoms with van der Waals surface area (Å²) in [4.78, 5) is 66.9. The normalized spacial score (nSPS) is 27.5. The smallest absolute Gasteiger partial charge is 0.408 e. The summed E-state index contributed by atoms with van der Waals surface area (Å²) in [6, 6.07) is 3.21. The standard InChI is InChI=1S/C39H54N6O9S/c1-23(2)31-33(41-29-19-25(52-7)15-16-27(29)40-31)53-26-20-30-32(46)43-39(35(48)44-55(50,51)38(6)17-18-38)21-24(39)13-11-9-8-10-12-14-28(34(47)45(30)22-26)42-36(49)54-37(3,4)5/h11,13,15-16,19,23-24,26,28,30H,8-10,12,14,17-18,20-22H2,1-7H3,(H,42,49)(H,43,46)(H,44,48)/b13-11-/t24-,26-,28+,30+,39-/m1/s1. The predicted molar refractivity (Wildman–Crippen MR) is 204 cm³/mol. The number of hydrogen-bond acceptors (Lipinski definition) is 11. The number of amides is 4. The van der Waals surface area contributed by atoms with Gasteiger partial charge in [0.2, 0.25) is 27.7 Å². The van der Waals surface area contributed by atoms with Crippen molar-refractivity contribution in [2.24, 2.45) is 5.92 Å². The van der Waals surface area contributed by atoms with Gasteiger partial charge in [0.05, 0.1) is 29.4 Å². The molecule has 6 rings (SSSR count). The maximum atomic E-state index is 14.5. The first-order valence-electron chi connectivity index (χ1n) is 19.2. The Balaban J connectivity index is 1.33. The summed E-state index contributed by atoms with van der Waals surface area (Å²) in [5.41, 5.74) is -0.556. The van der Waals surface area contributed by atoms with E-state index < -0.39 is 73.8 Å². The highest BCUT2D eigenvalue weighted by Crippen LogP contribution is 2.47. The molecule has 5 atom stereocenters. The van der Waals surface area contributed by atoms with Crippen LogP contribution in [-0.4, -0.2) is 94.8 Å². The van der Waals surface area contributed by atoms with E-state index in [1.807, 2.05) is 32.1 Å². The molecule has 2 aliphatic heterocycles. The predicted octanol–water partition coefficient (Wildman–Crippen LogP) is 4.40. The van der Waals surface area contributed by atoms with Crippen LogP contribution in [0.1, 0.15) is 111 Å². The third kappa shape index (κ3) is 8.84. The van der Waals surface area contributed by atoms with Crippen LogP contribution in [0.15, 0.2) is 30.4 Å². The fourth-order valence-corrected chi connectivity index (χ4v) is 8.49. The number of nitrogens with one attached hydrogen (secondary N) is 3. The molecule has 3 fully saturated rings. The Bertz CT molecular complexity index is 1970. The molecule has 0 unspecified atom stereocenters. The Labute approximate surface area is 322 Å². The number of alkyl carbamates (subject to hydrolysis) is 1. The van der Waals surface area contributed by atoms with Crippen LogP contribution in [0, 0.1) is 5.92 Å². The largest absolute Gasteiger partial charge is 0.497 e. The number of rotatable bonds is 8. The van der Waals surface area contributed by atoms with Crippen LogP contribution in [0.2, 0.25) is 0 Å². The van der Waals surface area contributed by atoms with Crippen molar-refractivity contribution in [2.45, 2.75) is 139 Å². The van der Waals surface area contributed by atoms with Crippen molar-refractivity contribution in [3.05, 3.63) is 36.0 Å². The van der Waals surface area contributed by atoms with Gasteiger partial charge in [-0.3, -0.25) is 19.1 Å². The van der Waals surface area contributed by atoms with Crippen LogP contribution in [-0.2, 0) is 29.1 Å². The van der Waals surface area contributed by atoms with Gasteiger partial charge in [-0.05, 0) is 78.4 Å². The molecule has 300 valence electrons. The number of hydrogen-bond donors (Lipinski definition) is 3. The number of aromatic nitrogens is 2. The Morgan fingerprint density at radius 1 is 1.07 bits per heavy atom. The van der Waals surface area contributed by atoms with Crippen LogP contribution in [0.25, 0.3) is 11.0 Å². The van der Waals surface area contributed by atoms with Crippen LogP contribution >= 0.6 is 0 Å². The minimum absolute atomic E-state index is 0.0284. The lowest BCUT2D eigenvalue weighted by molar-refractivity contribution is -0.141. The first-order valence-corrected chi connectivity index (χ1v) is 20.7. The van der Waals surface area contributed by atoms with E-state index in [0.717, 1.165) is 12.8 Å². The summed E-state index contributed by atoms with van der Waals surface area (Å²) in [7, 11) is -2.44. The van der Waals surface area contributed by atoms with Gasteiger partial charge >= 0.3 is 6.09 Å². The molecule has 0 bridgehead atoms. The molecule has 16 heteroatoms. The van der Waals surface area contributed by atoms with Crippen LogP contribution in [0.3, 0.4) is 0 Å². The van der Waals surface area contributed by atoms with Gasteiger partial charge in [0, 0.05) is 24.3 Å². The molecule has 4 amide bonds. The Morgan fingerprint density at radius 3 is 2.49 bits per heavy atom. The summed E-state index contributed by atoms with van der Waals surface area (Å²) < 4.78 is 45.0. The SMILES string of the molecule is COc1ccc2nc(C(C)C)c(O[C@@H]3C[C@H]4C(=O)N[C@]5(C(=O)NS(=O)(=O)C6(C)CC6)C[C@H]5/C=C\CCCCC[C@H](NC(=O)OC(C)(C)C)C(=O)N4C3)nc2c1. The second-order valence-corrected chi connectivity index (χ2v) is 19.0. The average Bonchev–Trinajstić information content (AvgIpc) is 3.98. The van der Waals surface area contributed by atoms with Crippen LogP contribution in [0.4, 0.5) is 4.79 Å². The van der Waals surface area contributed by atoms with E-state index in [1.165, 1.54) is 4.90 Å². The van der Waals surface area contributed by atoms with Gasteiger partial charge in [-0.15, -0.1) is 0 Å². The molecule has 3 heterocycles. The van der Waals surface area contributed by atoms with Crippen molar-refractivity contribution in [3.8, 4) is 11.6 Å². The number of methoxy groups -OCH3 is 1. The average molecular weight is 783 g/mol. The van der Waals surface area contributed by atoms with E-state index in [4.69, 9.17) is 24.2 Å². The number of fused-ring (bicyclic) bond motifs is 3. The number of sulfonamides is 1. The lowest BCUT2D eigenvalue weighted by Gasteiger charge is -2.30. The highest BCUT2D eigenvalue weighted by molar-refractivity contribution is 7.91. The molecule has 1 aromatic heterocycles. The topological polar surface area (TPSA) is 195 Å². The van der Waals surface area contributed by atoms with Crippen molar-refractivity contribution >= 4 is 44.9 Å². The number of nitrogens with zero attached hydrogens (tertiary/aromatic N) is 3. The van der Waals surface area contributed by atoms with Crippen LogP contribution < -0.4 is 24.8 Å². The van der Waals surface area contributed by atoms with Crippen molar-refractivity contribution in [3.63, 3.8) is 0 Å². The maximum absolute atomic E-state index is 14.5. The summed E-state index contributed by atoms with van der Waals surface area (Å²) in [6.07, 6.45) is 6.57. The number of carbonyl (C=O) groups is 4. The van der Waals surface area contributed by atoms with Gasteiger partial charge < -0.3 is 29.7 Å². The molecule has 2 aromatic rings. The van der Waals surface area contributed by atoms with Gasteiger partial charge in [0.1, 0.15) is 40.8 Å². The summed E-state index contributed by atoms with van der Waals surface area (Å²) in [5.74, 6) is -1.62. The molecule has 0 spiro atoms. The highest BCUT2D eigenvalue weighted by Gasteiger charge is 2.63. The third-order valence-corrected chi connectivity index (χ3v) is 13.0. The Hall–Kier alpha value is -4.47. The van der Waals surface area contributed by atoms with E-state index in [1.54, 1.807) is 46.9 Å². The quantitative estimate of drug-likeness (QED) is 0.322. The summed E-state index contributed by atoms with van der Waals surface area (Å²) in [6.45, 7) is 10.7. The first kappa shape index (κ1) is 40.2. The van der Waals surface area contributed by atoms with E-state index in [-0.39, 0.29) is 31.2 Å². The molecule has 55 heavy (non-hydrogen) atoms. The van der Waals surface area contributed by atoms with E-state index >= 15 is 0 Å². The number of carbonyl (C=O) groups excluding carboxylic acids is 4. The molecule has 4 aliphatic rings. The van der Waals surface area contributed by atoms with Crippen molar-refractivity contribution < 1.29 is 41.8 Å². The molecule has 1 aromatic carbocycles. The fourth-order valence-electron chi connectivity index (χ4n) is 7.18. The monoisotopic (exact) mass is 782 g/mol. The van der Waals surface area contributed by atoms with Gasteiger partial charge in [-0.25, -0.2) is 23.2 Å². The van der Waals surface area contributed by atoms with E-state index in [0.29, 0.717) is 54.6 Å². The molecular formula is C39H54N6O9S. The van der Waals surface area contributed by atoms with Crippen LogP contribution in [0.5, 0.6) is 11.6 Å². The van der Waals surface area contributed by atoms with E-state index in [9.17, 15) is 27.6 Å². The summed E-state index contributed by atoms with van der Waals surface area (Å²) >= 11 is 0. The lowest BCUT2D eigenvalue weighted by atomic mass is 10.0. The van der Waals surface area contributed by atoms with E-state index in [2.05, 4.69) is 15.4 Å². The Kier molecular flexibility index (Phi) is 11.1. The minimum Gasteiger partial charge on any atom is -0.497 e. The van der Waals surface area contributed by atoms with Gasteiger partial charge in [-0.2, -0.15) is 0 Å². The second kappa shape index (κ2) is 15.2. The minimum atomic E-state index is -4.00. The first-order chi connectivity index (χ1) is 25.8. The molecule has 2 aliphatic carbocycles. The summed E-state index contributed by atoms with van der Waals surface area (Å²) in [5, 5.41) is 5.64. The molecule has 1 saturated heterocycles. The van der Waals surface area contributed by atoms with Gasteiger partial charge in [0.15, 0.2) is 0 Å². The highest BCUT2D eigenvalue weighted by atomic mass is 32.2. The Morgan fingerprint density at radius 2 is 1.82 bits per heavy atom. The number of ether oxygens (including phenoxy) is 3. The molecule has 0 radical (unpaired) electrons. The fraction of sp³-hybridized carbons (Fsp3) is 0.641. The van der Waals surface area contributed by atoms with Crippen molar-refractivity contribution in [2.75, 3.05) is 13.7 Å². The van der Waals surface area contributed by atoms with Gasteiger partial charge in [-0.1, -0.05) is 38.8 Å². The zero-order valence-electron chi connectivity index (χ0n) is 32.8. The van der Waals surface area contributed by atoms with Gasteiger partial charge in [0.25, 0.3) is 5.91 Å². The molecule has 3 N–H and O–H groups in total. The zero-order valence-corrected chi connectivity index (χ0v) is 33.6.